The van der Waals surface area contributed by atoms with Gasteiger partial charge in [-0.3, -0.25) is 9.78 Å². The highest BCUT2D eigenvalue weighted by Crippen LogP contribution is 2.43. The van der Waals surface area contributed by atoms with E-state index in [4.69, 9.17) is 4.74 Å². The van der Waals surface area contributed by atoms with Crippen LogP contribution in [-0.4, -0.2) is 15.8 Å². The van der Waals surface area contributed by atoms with Gasteiger partial charge < -0.3 is 9.64 Å². The molecule has 1 aromatic heterocycles. The first-order valence-corrected chi connectivity index (χ1v) is 12.5. The number of carbonyl (C=O) groups excluding carboxylic acids is 1. The highest BCUT2D eigenvalue weighted by atomic mass is 19.1. The normalized spacial score (nSPS) is 12.7. The largest absolute Gasteiger partial charge is 0.478 e. The van der Waals surface area contributed by atoms with Gasteiger partial charge in [0.1, 0.15) is 17.4 Å². The van der Waals surface area contributed by atoms with Crippen LogP contribution in [0.5, 0.6) is 5.75 Å². The van der Waals surface area contributed by atoms with E-state index in [-0.39, 0.29) is 11.7 Å². The van der Waals surface area contributed by atoms with Gasteiger partial charge in [-0.1, -0.05) is 91.5 Å². The van der Waals surface area contributed by atoms with Crippen molar-refractivity contribution in [2.24, 2.45) is 0 Å². The molecule has 5 heteroatoms. The SMILES string of the molecule is C=Cc1c2c(c(OC(c3ccccc3)c3ccccc3)c3ncccc13)C(=O)N(Cc1ccc(F)cc1)C2. The number of carbonyl (C=O) groups is 1. The molecule has 186 valence electrons. The second-order valence-corrected chi connectivity index (χ2v) is 9.31. The molecule has 0 saturated carbocycles. The molecule has 1 amide bonds. The molecule has 0 spiro atoms. The highest BCUT2D eigenvalue weighted by Gasteiger charge is 2.36. The zero-order valence-corrected chi connectivity index (χ0v) is 20.7. The molecule has 1 aliphatic rings. The number of hydrogen-bond donors (Lipinski definition) is 0. The lowest BCUT2D eigenvalue weighted by Gasteiger charge is -2.23. The topological polar surface area (TPSA) is 42.4 Å². The number of pyridine rings is 1. The molecule has 4 aromatic carbocycles. The zero-order chi connectivity index (χ0) is 26.1. The minimum Gasteiger partial charge on any atom is -0.478 e. The number of hydrogen-bond acceptors (Lipinski definition) is 3. The molecule has 6 rings (SSSR count). The monoisotopic (exact) mass is 500 g/mol. The van der Waals surface area contributed by atoms with Crippen LogP contribution in [0, 0.1) is 5.82 Å². The van der Waals surface area contributed by atoms with Crippen LogP contribution >= 0.6 is 0 Å². The van der Waals surface area contributed by atoms with E-state index in [9.17, 15) is 9.18 Å². The van der Waals surface area contributed by atoms with Crippen LogP contribution in [0.25, 0.3) is 17.0 Å². The van der Waals surface area contributed by atoms with Crippen LogP contribution in [0.2, 0.25) is 0 Å². The predicted molar refractivity (Wildman–Crippen MR) is 147 cm³/mol. The van der Waals surface area contributed by atoms with Crippen LogP contribution in [-0.2, 0) is 13.1 Å². The molecule has 0 saturated heterocycles. The summed E-state index contributed by atoms with van der Waals surface area (Å²) in [5.41, 5.74) is 5.66. The lowest BCUT2D eigenvalue weighted by molar-refractivity contribution is 0.0762. The van der Waals surface area contributed by atoms with E-state index in [0.717, 1.165) is 33.2 Å². The molecule has 0 fully saturated rings. The van der Waals surface area contributed by atoms with Gasteiger partial charge in [-0.2, -0.15) is 0 Å². The fourth-order valence-corrected chi connectivity index (χ4v) is 5.16. The van der Waals surface area contributed by atoms with E-state index in [0.29, 0.717) is 29.9 Å². The average Bonchev–Trinajstić information content (AvgIpc) is 3.28. The molecule has 38 heavy (non-hydrogen) atoms. The molecule has 0 aliphatic carbocycles. The molecule has 1 aliphatic heterocycles. The summed E-state index contributed by atoms with van der Waals surface area (Å²) in [5, 5.41) is 0.882. The number of benzene rings is 4. The lowest BCUT2D eigenvalue weighted by Crippen LogP contribution is -2.23. The van der Waals surface area contributed by atoms with Crippen LogP contribution in [0.4, 0.5) is 4.39 Å². The maximum atomic E-state index is 14.0. The number of aromatic nitrogens is 1. The summed E-state index contributed by atoms with van der Waals surface area (Å²) >= 11 is 0. The number of rotatable bonds is 7. The summed E-state index contributed by atoms with van der Waals surface area (Å²) in [6, 6.07) is 30.0. The Morgan fingerprint density at radius 1 is 0.921 bits per heavy atom. The third kappa shape index (κ3) is 4.22. The van der Waals surface area contributed by atoms with Crippen molar-refractivity contribution >= 4 is 22.9 Å². The van der Waals surface area contributed by atoms with Crippen LogP contribution < -0.4 is 4.74 Å². The minimum absolute atomic E-state index is 0.144. The fourth-order valence-electron chi connectivity index (χ4n) is 5.16. The Bertz CT molecular complexity index is 1590. The van der Waals surface area contributed by atoms with Crippen molar-refractivity contribution in [1.29, 1.82) is 0 Å². The summed E-state index contributed by atoms with van der Waals surface area (Å²) in [4.78, 5) is 20.4. The van der Waals surface area contributed by atoms with Crippen LogP contribution in [0.15, 0.2) is 110 Å². The molecular formula is C33H25FN2O2. The summed E-state index contributed by atoms with van der Waals surface area (Å²) in [6.07, 6.45) is 3.05. The summed E-state index contributed by atoms with van der Waals surface area (Å²) < 4.78 is 20.3. The molecule has 5 aromatic rings. The molecule has 2 heterocycles. The van der Waals surface area contributed by atoms with Crippen molar-refractivity contribution in [2.45, 2.75) is 19.2 Å². The molecular weight excluding hydrogens is 475 g/mol. The molecule has 0 atom stereocenters. The molecule has 0 N–H and O–H groups in total. The first-order chi connectivity index (χ1) is 18.6. The third-order valence-corrected chi connectivity index (χ3v) is 6.95. The van der Waals surface area contributed by atoms with E-state index in [1.165, 1.54) is 12.1 Å². The van der Waals surface area contributed by atoms with E-state index in [2.05, 4.69) is 11.6 Å². The Kier molecular flexibility index (Phi) is 6.18. The Morgan fingerprint density at radius 2 is 1.58 bits per heavy atom. The lowest BCUT2D eigenvalue weighted by atomic mass is 9.96. The molecule has 4 nitrogen and oxygen atoms in total. The van der Waals surface area contributed by atoms with Crippen molar-refractivity contribution in [3.8, 4) is 5.75 Å². The quantitative estimate of drug-likeness (QED) is 0.235. The minimum atomic E-state index is -0.444. The Hall–Kier alpha value is -4.77. The smallest absolute Gasteiger partial charge is 0.258 e. The number of ether oxygens (including phenoxy) is 1. The van der Waals surface area contributed by atoms with Crippen LogP contribution in [0.1, 0.15) is 44.3 Å². The second kappa shape index (κ2) is 9.94. The average molecular weight is 501 g/mol. The van der Waals surface area contributed by atoms with Gasteiger partial charge in [0, 0.05) is 24.7 Å². The number of nitrogens with zero attached hydrogens (tertiary/aromatic N) is 2. The Labute approximate surface area is 220 Å². The van der Waals surface area contributed by atoms with Crippen molar-refractivity contribution < 1.29 is 13.9 Å². The van der Waals surface area contributed by atoms with E-state index >= 15 is 0 Å². The molecule has 0 unspecified atom stereocenters. The number of halogens is 1. The van der Waals surface area contributed by atoms with Crippen molar-refractivity contribution in [2.75, 3.05) is 0 Å². The van der Waals surface area contributed by atoms with Gasteiger partial charge in [-0.15, -0.1) is 0 Å². The van der Waals surface area contributed by atoms with E-state index in [1.807, 2.05) is 72.8 Å². The van der Waals surface area contributed by atoms with Gasteiger partial charge in [-0.25, -0.2) is 4.39 Å². The maximum Gasteiger partial charge on any atom is 0.258 e. The molecule has 0 radical (unpaired) electrons. The first kappa shape index (κ1) is 23.6. The Morgan fingerprint density at radius 3 is 2.21 bits per heavy atom. The van der Waals surface area contributed by atoms with Crippen molar-refractivity contribution in [3.63, 3.8) is 0 Å². The second-order valence-electron chi connectivity index (χ2n) is 9.31. The summed E-state index contributed by atoms with van der Waals surface area (Å²) in [6.45, 7) is 4.80. The standard InChI is InChI=1S/C33H25FN2O2/c1-2-26-27-14-9-19-35-30(27)32(38-31(23-10-5-3-6-11-23)24-12-7-4-8-13-24)29-28(26)21-36(33(29)37)20-22-15-17-25(34)18-16-22/h2-19,31H,1,20-21H2. The van der Waals surface area contributed by atoms with Gasteiger partial charge in [-0.05, 0) is 46.0 Å². The fraction of sp³-hybridized carbons (Fsp3) is 0.0909. The van der Waals surface area contributed by atoms with Gasteiger partial charge in [0.15, 0.2) is 5.75 Å². The summed E-state index contributed by atoms with van der Waals surface area (Å²) in [7, 11) is 0. The van der Waals surface area contributed by atoms with Crippen LogP contribution in [0.3, 0.4) is 0 Å². The summed E-state index contributed by atoms with van der Waals surface area (Å²) in [5.74, 6) is 0.0139. The number of amides is 1. The van der Waals surface area contributed by atoms with E-state index < -0.39 is 6.10 Å². The van der Waals surface area contributed by atoms with E-state index in [1.54, 1.807) is 29.3 Å². The number of fused-ring (bicyclic) bond motifs is 2. The van der Waals surface area contributed by atoms with Gasteiger partial charge in [0.25, 0.3) is 5.91 Å². The molecule has 0 bridgehead atoms. The van der Waals surface area contributed by atoms with Gasteiger partial charge in [0.2, 0.25) is 0 Å². The zero-order valence-electron chi connectivity index (χ0n) is 20.7. The van der Waals surface area contributed by atoms with Gasteiger partial charge >= 0.3 is 0 Å². The highest BCUT2D eigenvalue weighted by molar-refractivity contribution is 6.09. The van der Waals surface area contributed by atoms with Crippen molar-refractivity contribution in [1.82, 2.24) is 9.88 Å². The van der Waals surface area contributed by atoms with Gasteiger partial charge in [0.05, 0.1) is 5.56 Å². The Balaban J connectivity index is 1.51. The maximum absolute atomic E-state index is 14.0. The third-order valence-electron chi connectivity index (χ3n) is 6.95. The predicted octanol–water partition coefficient (Wildman–Crippen LogP) is 7.34. The van der Waals surface area contributed by atoms with Crippen molar-refractivity contribution in [3.05, 3.63) is 149 Å². The first-order valence-electron chi connectivity index (χ1n) is 12.5.